The third-order valence-corrected chi connectivity index (χ3v) is 4.36. The van der Waals surface area contributed by atoms with E-state index in [2.05, 4.69) is 4.98 Å². The highest BCUT2D eigenvalue weighted by atomic mass is 16.3. The van der Waals surface area contributed by atoms with Gasteiger partial charge in [0.15, 0.2) is 0 Å². The fourth-order valence-electron chi connectivity index (χ4n) is 3.14. The van der Waals surface area contributed by atoms with E-state index in [0.29, 0.717) is 24.9 Å². The van der Waals surface area contributed by atoms with Gasteiger partial charge in [-0.1, -0.05) is 30.3 Å². The molecule has 1 amide bonds. The van der Waals surface area contributed by atoms with Crippen molar-refractivity contribution in [1.29, 1.82) is 0 Å². The number of nitrogens with two attached hydrogens (primary N) is 1. The molecule has 23 heavy (non-hydrogen) atoms. The Balaban J connectivity index is 1.86. The Morgan fingerprint density at radius 2 is 2.04 bits per heavy atom. The number of anilines is 1. The number of piperidine rings is 1. The van der Waals surface area contributed by atoms with Crippen molar-refractivity contribution < 1.29 is 9.90 Å². The number of hydrogen-bond acceptors (Lipinski definition) is 4. The summed E-state index contributed by atoms with van der Waals surface area (Å²) in [6.45, 7) is 0.627. The molecule has 0 saturated carbocycles. The van der Waals surface area contributed by atoms with Crippen molar-refractivity contribution in [2.24, 2.45) is 0 Å². The van der Waals surface area contributed by atoms with E-state index in [-0.39, 0.29) is 17.8 Å². The molecular formula is C18H21N3O2. The number of amides is 1. The molecule has 3 rings (SSSR count). The molecule has 5 nitrogen and oxygen atoms in total. The van der Waals surface area contributed by atoms with Crippen molar-refractivity contribution in [2.45, 2.75) is 31.4 Å². The first-order chi connectivity index (χ1) is 11.2. The van der Waals surface area contributed by atoms with E-state index in [4.69, 9.17) is 5.73 Å². The molecule has 0 unspecified atom stereocenters. The maximum atomic E-state index is 12.9. The summed E-state index contributed by atoms with van der Waals surface area (Å²) in [6, 6.07) is 13.1. The predicted molar refractivity (Wildman–Crippen MR) is 88.9 cm³/mol. The van der Waals surface area contributed by atoms with E-state index in [9.17, 15) is 9.90 Å². The molecule has 2 atom stereocenters. The highest BCUT2D eigenvalue weighted by molar-refractivity contribution is 5.98. The third-order valence-electron chi connectivity index (χ3n) is 4.36. The average molecular weight is 311 g/mol. The number of nitrogens with zero attached hydrogens (tertiary/aromatic N) is 2. The Morgan fingerprint density at radius 3 is 2.78 bits per heavy atom. The second-order valence-electron chi connectivity index (χ2n) is 5.90. The smallest absolute Gasteiger partial charge is 0.257 e. The van der Waals surface area contributed by atoms with Crippen molar-refractivity contribution in [3.05, 3.63) is 59.8 Å². The number of carbonyl (C=O) groups excluding carboxylic acids is 1. The van der Waals surface area contributed by atoms with Crippen LogP contribution in [-0.4, -0.2) is 39.6 Å². The highest BCUT2D eigenvalue weighted by Gasteiger charge is 2.34. The fourth-order valence-corrected chi connectivity index (χ4v) is 3.14. The molecule has 1 aromatic carbocycles. The lowest BCUT2D eigenvalue weighted by atomic mass is 9.92. The van der Waals surface area contributed by atoms with Crippen LogP contribution in [0.3, 0.4) is 0 Å². The predicted octanol–water partition coefficient (Wildman–Crippen LogP) is 1.87. The number of aliphatic hydroxyl groups is 1. The molecule has 0 bridgehead atoms. The number of rotatable bonds is 3. The summed E-state index contributed by atoms with van der Waals surface area (Å²) in [7, 11) is 0. The minimum absolute atomic E-state index is 0.157. The number of carbonyl (C=O) groups is 1. The van der Waals surface area contributed by atoms with Gasteiger partial charge in [0.2, 0.25) is 0 Å². The summed E-state index contributed by atoms with van der Waals surface area (Å²) in [5, 5.41) is 10.4. The van der Waals surface area contributed by atoms with Crippen LogP contribution in [0.5, 0.6) is 0 Å². The van der Waals surface area contributed by atoms with Gasteiger partial charge in [-0.05, 0) is 37.0 Å². The zero-order valence-corrected chi connectivity index (χ0v) is 12.9. The molecule has 0 spiro atoms. The first kappa shape index (κ1) is 15.5. The first-order valence-electron chi connectivity index (χ1n) is 7.90. The molecule has 1 aromatic heterocycles. The molecule has 0 radical (unpaired) electrons. The minimum atomic E-state index is -0.522. The number of likely N-dealkylation sites (tertiary alicyclic amines) is 1. The molecule has 0 aliphatic carbocycles. The van der Waals surface area contributed by atoms with E-state index in [1.165, 1.54) is 0 Å². The normalized spacial score (nSPS) is 21.2. The zero-order chi connectivity index (χ0) is 16.2. The highest BCUT2D eigenvalue weighted by Crippen LogP contribution is 2.24. The maximum absolute atomic E-state index is 12.9. The number of aromatic nitrogens is 1. The zero-order valence-electron chi connectivity index (χ0n) is 12.9. The standard InChI is InChI=1S/C18H21N3O2/c19-17-14(8-4-10-20-17)18(23)21-11-5-9-16(22)15(21)12-13-6-2-1-3-7-13/h1-4,6-8,10,15-16,22H,5,9,11-12H2,(H2,19,20)/t15-,16-/m0/s1. The van der Waals surface area contributed by atoms with Crippen LogP contribution in [0.15, 0.2) is 48.7 Å². The van der Waals surface area contributed by atoms with Crippen LogP contribution in [0.2, 0.25) is 0 Å². The number of aliphatic hydroxyl groups excluding tert-OH is 1. The van der Waals surface area contributed by atoms with Gasteiger partial charge in [-0.15, -0.1) is 0 Å². The number of nitrogen functional groups attached to an aromatic ring is 1. The topological polar surface area (TPSA) is 79.5 Å². The molecule has 1 fully saturated rings. The fraction of sp³-hybridized carbons (Fsp3) is 0.333. The third kappa shape index (κ3) is 3.35. The molecule has 1 saturated heterocycles. The summed E-state index contributed by atoms with van der Waals surface area (Å²) >= 11 is 0. The van der Waals surface area contributed by atoms with Crippen molar-refractivity contribution in [3.63, 3.8) is 0 Å². The Labute approximate surface area is 135 Å². The molecule has 1 aliphatic rings. The van der Waals surface area contributed by atoms with Crippen LogP contribution in [-0.2, 0) is 6.42 Å². The lowest BCUT2D eigenvalue weighted by Gasteiger charge is -2.39. The summed E-state index contributed by atoms with van der Waals surface area (Å²) < 4.78 is 0. The van der Waals surface area contributed by atoms with Crippen LogP contribution in [0, 0.1) is 0 Å². The molecule has 2 heterocycles. The summed E-state index contributed by atoms with van der Waals surface area (Å²) in [4.78, 5) is 18.6. The first-order valence-corrected chi connectivity index (χ1v) is 7.90. The minimum Gasteiger partial charge on any atom is -0.391 e. The Bertz CT molecular complexity index is 675. The van der Waals surface area contributed by atoms with Gasteiger partial charge in [-0.2, -0.15) is 0 Å². The summed E-state index contributed by atoms with van der Waals surface area (Å²) in [6.07, 6.45) is 3.18. The van der Waals surface area contributed by atoms with Crippen molar-refractivity contribution in [2.75, 3.05) is 12.3 Å². The van der Waals surface area contributed by atoms with Gasteiger partial charge < -0.3 is 15.7 Å². The number of pyridine rings is 1. The summed E-state index contributed by atoms with van der Waals surface area (Å²) in [5.41, 5.74) is 7.35. The second-order valence-corrected chi connectivity index (χ2v) is 5.90. The van der Waals surface area contributed by atoms with Crippen molar-refractivity contribution >= 4 is 11.7 Å². The Hall–Kier alpha value is -2.40. The van der Waals surface area contributed by atoms with Gasteiger partial charge in [-0.3, -0.25) is 4.79 Å². The Morgan fingerprint density at radius 1 is 1.26 bits per heavy atom. The van der Waals surface area contributed by atoms with Crippen molar-refractivity contribution in [1.82, 2.24) is 9.88 Å². The van der Waals surface area contributed by atoms with Gasteiger partial charge in [0.05, 0.1) is 17.7 Å². The van der Waals surface area contributed by atoms with Gasteiger partial charge in [0.25, 0.3) is 5.91 Å². The largest absolute Gasteiger partial charge is 0.391 e. The quantitative estimate of drug-likeness (QED) is 0.907. The van der Waals surface area contributed by atoms with Crippen LogP contribution in [0.4, 0.5) is 5.82 Å². The van der Waals surface area contributed by atoms with Gasteiger partial charge >= 0.3 is 0 Å². The van der Waals surface area contributed by atoms with E-state index >= 15 is 0 Å². The molecule has 2 aromatic rings. The number of hydrogen-bond donors (Lipinski definition) is 2. The van der Waals surface area contributed by atoms with Crippen LogP contribution in [0.25, 0.3) is 0 Å². The van der Waals surface area contributed by atoms with E-state index < -0.39 is 6.10 Å². The summed E-state index contributed by atoms with van der Waals surface area (Å²) in [5.74, 6) is 0.0753. The van der Waals surface area contributed by atoms with E-state index in [0.717, 1.165) is 12.0 Å². The Kier molecular flexibility index (Phi) is 4.57. The lowest BCUT2D eigenvalue weighted by molar-refractivity contribution is 0.0119. The monoisotopic (exact) mass is 311 g/mol. The van der Waals surface area contributed by atoms with Crippen LogP contribution >= 0.6 is 0 Å². The van der Waals surface area contributed by atoms with Gasteiger partial charge in [0, 0.05) is 12.7 Å². The van der Waals surface area contributed by atoms with Gasteiger partial charge in [0.1, 0.15) is 5.82 Å². The molecule has 3 N–H and O–H groups in total. The molecule has 5 heteroatoms. The number of benzene rings is 1. The molecular weight excluding hydrogens is 290 g/mol. The van der Waals surface area contributed by atoms with E-state index in [1.807, 2.05) is 30.3 Å². The lowest BCUT2D eigenvalue weighted by Crippen LogP contribution is -2.52. The van der Waals surface area contributed by atoms with Gasteiger partial charge in [-0.25, -0.2) is 4.98 Å². The van der Waals surface area contributed by atoms with E-state index in [1.54, 1.807) is 23.2 Å². The SMILES string of the molecule is Nc1ncccc1C(=O)N1CCC[C@H](O)[C@@H]1Cc1ccccc1. The maximum Gasteiger partial charge on any atom is 0.257 e. The van der Waals surface area contributed by atoms with Crippen LogP contribution < -0.4 is 5.73 Å². The van der Waals surface area contributed by atoms with Crippen LogP contribution in [0.1, 0.15) is 28.8 Å². The van der Waals surface area contributed by atoms with Crippen molar-refractivity contribution in [3.8, 4) is 0 Å². The average Bonchev–Trinajstić information content (AvgIpc) is 2.57. The molecule has 120 valence electrons. The molecule has 1 aliphatic heterocycles. The second kappa shape index (κ2) is 6.79.